The van der Waals surface area contributed by atoms with Gasteiger partial charge in [0.05, 0.1) is 0 Å². The lowest BCUT2D eigenvalue weighted by molar-refractivity contribution is -0.00524. The summed E-state index contributed by atoms with van der Waals surface area (Å²) in [5.41, 5.74) is 1.37. The standard InChI is InChI=1S/C15H21F2NO/c16-15(17)14(19)10-18-13-8-6-12(7-9-13)11-4-2-1-3-5-11/h1-5,12-15,18-19H,6-10H2. The topological polar surface area (TPSA) is 32.3 Å². The smallest absolute Gasteiger partial charge is 0.265 e. The molecule has 1 fully saturated rings. The number of benzene rings is 1. The van der Waals surface area contributed by atoms with Crippen molar-refractivity contribution in [3.05, 3.63) is 35.9 Å². The molecule has 1 atom stereocenters. The summed E-state index contributed by atoms with van der Waals surface area (Å²) in [5, 5.41) is 12.1. The van der Waals surface area contributed by atoms with Gasteiger partial charge in [-0.05, 0) is 37.2 Å². The van der Waals surface area contributed by atoms with Gasteiger partial charge in [-0.25, -0.2) is 8.78 Å². The zero-order chi connectivity index (χ0) is 13.7. The predicted molar refractivity (Wildman–Crippen MR) is 71.5 cm³/mol. The number of halogens is 2. The monoisotopic (exact) mass is 269 g/mol. The molecule has 1 aromatic rings. The van der Waals surface area contributed by atoms with E-state index in [2.05, 4.69) is 29.6 Å². The van der Waals surface area contributed by atoms with Crippen LogP contribution in [0.3, 0.4) is 0 Å². The van der Waals surface area contributed by atoms with Crippen LogP contribution in [0.4, 0.5) is 8.78 Å². The molecule has 1 aromatic carbocycles. The lowest BCUT2D eigenvalue weighted by atomic mass is 9.82. The van der Waals surface area contributed by atoms with Crippen LogP contribution < -0.4 is 5.32 Å². The molecule has 0 amide bonds. The van der Waals surface area contributed by atoms with Crippen molar-refractivity contribution in [3.8, 4) is 0 Å². The Bertz CT molecular complexity index is 364. The van der Waals surface area contributed by atoms with E-state index in [1.165, 1.54) is 5.56 Å². The first-order valence-electron chi connectivity index (χ1n) is 6.91. The van der Waals surface area contributed by atoms with Crippen LogP contribution in [-0.2, 0) is 0 Å². The van der Waals surface area contributed by atoms with Crippen LogP contribution in [0.2, 0.25) is 0 Å². The Balaban J connectivity index is 1.74. The molecule has 0 radical (unpaired) electrons. The number of hydrogen-bond donors (Lipinski definition) is 2. The Morgan fingerprint density at radius 1 is 1.11 bits per heavy atom. The van der Waals surface area contributed by atoms with E-state index in [1.807, 2.05) is 6.07 Å². The first kappa shape index (κ1) is 14.4. The molecule has 0 bridgehead atoms. The summed E-state index contributed by atoms with van der Waals surface area (Å²) in [4.78, 5) is 0. The van der Waals surface area contributed by atoms with E-state index in [0.717, 1.165) is 25.7 Å². The highest BCUT2D eigenvalue weighted by Gasteiger charge is 2.24. The molecule has 19 heavy (non-hydrogen) atoms. The fraction of sp³-hybridized carbons (Fsp3) is 0.600. The number of aliphatic hydroxyl groups excluding tert-OH is 1. The molecule has 4 heteroatoms. The van der Waals surface area contributed by atoms with Gasteiger partial charge in [0, 0.05) is 12.6 Å². The van der Waals surface area contributed by atoms with E-state index in [-0.39, 0.29) is 12.6 Å². The van der Waals surface area contributed by atoms with Gasteiger partial charge in [0.25, 0.3) is 6.43 Å². The van der Waals surface area contributed by atoms with Crippen molar-refractivity contribution in [3.63, 3.8) is 0 Å². The molecule has 0 aromatic heterocycles. The Morgan fingerprint density at radius 2 is 1.74 bits per heavy atom. The lowest BCUT2D eigenvalue weighted by Gasteiger charge is -2.30. The highest BCUT2D eigenvalue weighted by Crippen LogP contribution is 2.32. The second kappa shape index (κ2) is 6.96. The van der Waals surface area contributed by atoms with Crippen LogP contribution in [0.25, 0.3) is 0 Å². The van der Waals surface area contributed by atoms with E-state index in [1.54, 1.807) is 0 Å². The molecule has 106 valence electrons. The summed E-state index contributed by atoms with van der Waals surface area (Å²) in [6.07, 6.45) is -0.0933. The molecular formula is C15H21F2NO. The first-order chi connectivity index (χ1) is 9.16. The average Bonchev–Trinajstić information content (AvgIpc) is 2.46. The van der Waals surface area contributed by atoms with Crippen molar-refractivity contribution >= 4 is 0 Å². The molecule has 0 spiro atoms. The molecule has 0 aliphatic heterocycles. The minimum Gasteiger partial charge on any atom is -0.386 e. The summed E-state index contributed by atoms with van der Waals surface area (Å²) in [6.45, 7) is -0.0155. The predicted octanol–water partition coefficient (Wildman–Crippen LogP) is 2.93. The summed E-state index contributed by atoms with van der Waals surface area (Å²) in [5.74, 6) is 0.583. The van der Waals surface area contributed by atoms with Crippen LogP contribution in [0.15, 0.2) is 30.3 Å². The third-order valence-electron chi connectivity index (χ3n) is 3.90. The van der Waals surface area contributed by atoms with Gasteiger partial charge in [-0.15, -0.1) is 0 Å². The molecule has 2 rings (SSSR count). The molecule has 0 heterocycles. The summed E-state index contributed by atoms with van der Waals surface area (Å²) < 4.78 is 24.4. The second-order valence-electron chi connectivity index (χ2n) is 5.27. The molecule has 1 saturated carbocycles. The maximum absolute atomic E-state index is 12.2. The minimum absolute atomic E-state index is 0.0155. The first-order valence-corrected chi connectivity index (χ1v) is 6.91. The third-order valence-corrected chi connectivity index (χ3v) is 3.90. The highest BCUT2D eigenvalue weighted by atomic mass is 19.3. The van der Waals surface area contributed by atoms with Crippen LogP contribution in [-0.4, -0.2) is 30.2 Å². The largest absolute Gasteiger partial charge is 0.386 e. The van der Waals surface area contributed by atoms with E-state index in [4.69, 9.17) is 5.11 Å². The van der Waals surface area contributed by atoms with Gasteiger partial charge in [-0.1, -0.05) is 30.3 Å². The molecule has 1 unspecified atom stereocenters. The van der Waals surface area contributed by atoms with Gasteiger partial charge >= 0.3 is 0 Å². The third kappa shape index (κ3) is 4.25. The molecule has 1 aliphatic rings. The van der Waals surface area contributed by atoms with Crippen LogP contribution in [0, 0.1) is 0 Å². The van der Waals surface area contributed by atoms with Crippen molar-refractivity contribution in [1.82, 2.24) is 5.32 Å². The summed E-state index contributed by atoms with van der Waals surface area (Å²) in [6, 6.07) is 10.7. The second-order valence-corrected chi connectivity index (χ2v) is 5.27. The van der Waals surface area contributed by atoms with E-state index in [9.17, 15) is 8.78 Å². The fourth-order valence-corrected chi connectivity index (χ4v) is 2.73. The molecule has 2 nitrogen and oxygen atoms in total. The molecule has 1 aliphatic carbocycles. The Morgan fingerprint density at radius 3 is 2.32 bits per heavy atom. The lowest BCUT2D eigenvalue weighted by Crippen LogP contribution is -2.40. The average molecular weight is 269 g/mol. The highest BCUT2D eigenvalue weighted by molar-refractivity contribution is 5.20. The Hall–Kier alpha value is -1.00. The number of aliphatic hydroxyl groups is 1. The summed E-state index contributed by atoms with van der Waals surface area (Å²) in [7, 11) is 0. The van der Waals surface area contributed by atoms with Gasteiger partial charge in [0.15, 0.2) is 0 Å². The van der Waals surface area contributed by atoms with Gasteiger partial charge in [0.2, 0.25) is 0 Å². The summed E-state index contributed by atoms with van der Waals surface area (Å²) >= 11 is 0. The van der Waals surface area contributed by atoms with Crippen LogP contribution >= 0.6 is 0 Å². The normalized spacial score (nSPS) is 25.5. The zero-order valence-corrected chi connectivity index (χ0v) is 10.9. The van der Waals surface area contributed by atoms with Crippen molar-refractivity contribution in [1.29, 1.82) is 0 Å². The minimum atomic E-state index is -2.66. The van der Waals surface area contributed by atoms with Crippen molar-refractivity contribution in [2.24, 2.45) is 0 Å². The van der Waals surface area contributed by atoms with Crippen LogP contribution in [0.5, 0.6) is 0 Å². The van der Waals surface area contributed by atoms with Crippen molar-refractivity contribution in [2.45, 2.75) is 50.2 Å². The van der Waals surface area contributed by atoms with E-state index < -0.39 is 12.5 Å². The van der Waals surface area contributed by atoms with Crippen molar-refractivity contribution in [2.75, 3.05) is 6.54 Å². The van der Waals surface area contributed by atoms with E-state index >= 15 is 0 Å². The van der Waals surface area contributed by atoms with Gasteiger partial charge in [-0.3, -0.25) is 0 Å². The Kier molecular flexibility index (Phi) is 5.28. The number of hydrogen-bond acceptors (Lipinski definition) is 2. The maximum atomic E-state index is 12.2. The van der Waals surface area contributed by atoms with E-state index in [0.29, 0.717) is 5.92 Å². The van der Waals surface area contributed by atoms with Crippen molar-refractivity contribution < 1.29 is 13.9 Å². The fourth-order valence-electron chi connectivity index (χ4n) is 2.73. The number of alkyl halides is 2. The molecule has 0 saturated heterocycles. The van der Waals surface area contributed by atoms with Gasteiger partial charge < -0.3 is 10.4 Å². The number of rotatable bonds is 5. The van der Waals surface area contributed by atoms with Gasteiger partial charge in [-0.2, -0.15) is 0 Å². The molecule has 2 N–H and O–H groups in total. The maximum Gasteiger partial charge on any atom is 0.265 e. The quantitative estimate of drug-likeness (QED) is 0.861. The van der Waals surface area contributed by atoms with Gasteiger partial charge in [0.1, 0.15) is 6.10 Å². The SMILES string of the molecule is OC(CNC1CCC(c2ccccc2)CC1)C(F)F. The Labute approximate surface area is 112 Å². The van der Waals surface area contributed by atoms with Crippen LogP contribution in [0.1, 0.15) is 37.2 Å². The molecular weight excluding hydrogens is 248 g/mol. The zero-order valence-electron chi connectivity index (χ0n) is 10.9. The number of nitrogens with one attached hydrogen (secondary N) is 1.